The first-order valence-corrected chi connectivity index (χ1v) is 18.2. The molecule has 1 unspecified atom stereocenters. The summed E-state index contributed by atoms with van der Waals surface area (Å²) < 4.78 is 0. The number of nitrogens with one attached hydrogen (secondary N) is 3. The maximum absolute atomic E-state index is 14.5. The monoisotopic (exact) mass is 664 g/mol. The van der Waals surface area contributed by atoms with Crippen molar-refractivity contribution < 1.29 is 14.4 Å². The summed E-state index contributed by atoms with van der Waals surface area (Å²) in [5.74, 6) is -0.336. The highest BCUT2D eigenvalue weighted by Gasteiger charge is 2.58. The second-order valence-corrected chi connectivity index (χ2v) is 16.5. The Hall–Kier alpha value is -3.98. The van der Waals surface area contributed by atoms with Gasteiger partial charge in [-0.1, -0.05) is 52.7 Å². The molecule has 7 atom stereocenters. The zero-order valence-corrected chi connectivity index (χ0v) is 29.5. The molecule has 4 aliphatic carbocycles. The number of hydrogen-bond donors (Lipinski definition) is 5. The molecule has 1 aromatic heterocycles. The van der Waals surface area contributed by atoms with E-state index in [2.05, 4.69) is 72.6 Å². The molecule has 2 aromatic carbocycles. The number of nitrogens with two attached hydrogens (primary N) is 2. The van der Waals surface area contributed by atoms with Crippen molar-refractivity contribution in [3.05, 3.63) is 76.9 Å². The number of nitrogen functional groups attached to an aromatic ring is 1. The van der Waals surface area contributed by atoms with Crippen LogP contribution in [0.1, 0.15) is 107 Å². The first-order chi connectivity index (χ1) is 23.3. The fourth-order valence-electron chi connectivity index (χ4n) is 10.9. The lowest BCUT2D eigenvalue weighted by Crippen LogP contribution is -2.60. The smallest absolute Gasteiger partial charge is 0.241 e. The van der Waals surface area contributed by atoms with E-state index in [9.17, 15) is 14.4 Å². The third kappa shape index (κ3) is 5.49. The molecule has 0 radical (unpaired) electrons. The second kappa shape index (κ2) is 12.1. The molecule has 0 spiro atoms. The van der Waals surface area contributed by atoms with Gasteiger partial charge in [-0.05, 0) is 121 Å². The lowest BCUT2D eigenvalue weighted by molar-refractivity contribution is -0.150. The number of amides is 3. The number of nitrogens with zero attached hydrogens (tertiary/aromatic N) is 1. The van der Waals surface area contributed by atoms with E-state index in [1.54, 1.807) is 12.5 Å². The summed E-state index contributed by atoms with van der Waals surface area (Å²) in [7, 11) is 0. The molecule has 2 saturated carbocycles. The maximum Gasteiger partial charge on any atom is 0.241 e. The summed E-state index contributed by atoms with van der Waals surface area (Å²) in [5, 5.41) is 6.08. The number of anilines is 2. The summed E-state index contributed by atoms with van der Waals surface area (Å²) in [5.41, 5.74) is 18.0. The van der Waals surface area contributed by atoms with Gasteiger partial charge in [-0.25, -0.2) is 4.98 Å². The molecule has 1 heterocycles. The maximum atomic E-state index is 14.5. The largest absolute Gasteiger partial charge is 0.399 e. The molecule has 0 bridgehead atoms. The van der Waals surface area contributed by atoms with Crippen LogP contribution in [0.3, 0.4) is 0 Å². The van der Waals surface area contributed by atoms with Gasteiger partial charge in [0, 0.05) is 29.7 Å². The molecule has 3 amide bonds. The van der Waals surface area contributed by atoms with Gasteiger partial charge in [-0.15, -0.1) is 0 Å². The van der Waals surface area contributed by atoms with Crippen molar-refractivity contribution >= 4 is 29.1 Å². The zero-order valence-electron chi connectivity index (χ0n) is 29.5. The highest BCUT2D eigenvalue weighted by atomic mass is 16.2. The van der Waals surface area contributed by atoms with Gasteiger partial charge in [0.05, 0.1) is 23.2 Å². The number of carbonyl (C=O) groups excluding carboxylic acids is 3. The van der Waals surface area contributed by atoms with Gasteiger partial charge in [0.25, 0.3) is 0 Å². The first-order valence-electron chi connectivity index (χ1n) is 18.2. The SMILES string of the molecule is C[C@]1(C(=O)NC(=O)[C@@]2(C)CCC[C@]3(C)c4cc(NC(=O)C(N)Cc5cnc[nH]5)ccc4CC[C@@H]23)CCC[C@]2(C)c3cc(N)ccc3CC[C@@H]12. The molecule has 0 aliphatic heterocycles. The summed E-state index contributed by atoms with van der Waals surface area (Å²) in [6, 6.07) is 11.7. The third-order valence-corrected chi connectivity index (χ3v) is 13.6. The van der Waals surface area contributed by atoms with Crippen LogP contribution in [0.5, 0.6) is 0 Å². The van der Waals surface area contributed by atoms with E-state index in [0.717, 1.165) is 75.6 Å². The van der Waals surface area contributed by atoms with E-state index in [1.165, 1.54) is 22.3 Å². The highest BCUT2D eigenvalue weighted by Crippen LogP contribution is 2.59. The van der Waals surface area contributed by atoms with Gasteiger partial charge in [0.15, 0.2) is 0 Å². The Morgan fingerprint density at radius 1 is 0.857 bits per heavy atom. The van der Waals surface area contributed by atoms with Crippen molar-refractivity contribution in [2.45, 2.75) is 115 Å². The Kier molecular flexibility index (Phi) is 8.28. The number of fused-ring (bicyclic) bond motifs is 6. The van der Waals surface area contributed by atoms with Crippen LogP contribution >= 0.6 is 0 Å². The average molecular weight is 665 g/mol. The number of rotatable bonds is 6. The summed E-state index contributed by atoms with van der Waals surface area (Å²) in [6.07, 6.45) is 12.5. The Balaban J connectivity index is 1.10. The molecule has 9 nitrogen and oxygen atoms in total. The summed E-state index contributed by atoms with van der Waals surface area (Å²) >= 11 is 0. The van der Waals surface area contributed by atoms with Crippen LogP contribution < -0.4 is 22.1 Å². The summed E-state index contributed by atoms with van der Waals surface area (Å²) in [6.45, 7) is 8.75. The fraction of sp³-hybridized carbons (Fsp3) is 0.550. The third-order valence-electron chi connectivity index (χ3n) is 13.6. The Bertz CT molecular complexity index is 1790. The van der Waals surface area contributed by atoms with E-state index >= 15 is 0 Å². The average Bonchev–Trinajstić information content (AvgIpc) is 3.58. The molecule has 7 rings (SSSR count). The van der Waals surface area contributed by atoms with Crippen molar-refractivity contribution in [2.24, 2.45) is 28.4 Å². The van der Waals surface area contributed by atoms with E-state index in [0.29, 0.717) is 12.1 Å². The number of benzene rings is 2. The van der Waals surface area contributed by atoms with Gasteiger partial charge in [-0.2, -0.15) is 0 Å². The topological polar surface area (TPSA) is 156 Å². The zero-order chi connectivity index (χ0) is 34.8. The van der Waals surface area contributed by atoms with Gasteiger partial charge in [0.2, 0.25) is 17.7 Å². The number of H-pyrrole nitrogens is 1. The normalized spacial score (nSPS) is 32.4. The van der Waals surface area contributed by atoms with Crippen LogP contribution in [0.2, 0.25) is 0 Å². The first kappa shape index (κ1) is 33.5. The molecule has 49 heavy (non-hydrogen) atoms. The van der Waals surface area contributed by atoms with Crippen LogP contribution in [-0.4, -0.2) is 33.7 Å². The number of aromatic nitrogens is 2. The Morgan fingerprint density at radius 3 is 2.00 bits per heavy atom. The standard InChI is InChI=1S/C40H52N6O3/c1-37-15-5-17-39(3,32(37)13-9-24-7-11-26(41)19-29(24)37)35(48)46-36(49)40(4)18-6-16-38(2)30-20-27(12-8-25(30)10-14-33(38)40)45-34(47)31(42)21-28-22-43-23-44-28/h7-8,11-12,19-20,22-23,31-33H,5-6,9-10,13-18,21,41-42H2,1-4H3,(H,43,44)(H,45,47)(H,46,48,49)/t31?,32-,33-,37-,38-,39+,40+/m1/s1. The van der Waals surface area contributed by atoms with Gasteiger partial charge < -0.3 is 21.8 Å². The highest BCUT2D eigenvalue weighted by molar-refractivity contribution is 6.01. The quantitative estimate of drug-likeness (QED) is 0.164. The van der Waals surface area contributed by atoms with Gasteiger partial charge in [-0.3, -0.25) is 19.7 Å². The van der Waals surface area contributed by atoms with E-state index in [1.807, 2.05) is 12.1 Å². The van der Waals surface area contributed by atoms with Crippen molar-refractivity contribution in [1.29, 1.82) is 0 Å². The Labute approximate surface area is 289 Å². The minimum absolute atomic E-state index is 0.0524. The van der Waals surface area contributed by atoms with Crippen molar-refractivity contribution in [1.82, 2.24) is 15.3 Å². The predicted molar refractivity (Wildman–Crippen MR) is 192 cm³/mol. The van der Waals surface area contributed by atoms with Crippen molar-refractivity contribution in [3.63, 3.8) is 0 Å². The number of carbonyl (C=O) groups is 3. The number of hydrogen-bond acceptors (Lipinski definition) is 6. The van der Waals surface area contributed by atoms with Crippen molar-refractivity contribution in [3.8, 4) is 0 Å². The second-order valence-electron chi connectivity index (χ2n) is 16.5. The molecule has 9 heteroatoms. The minimum atomic E-state index is -0.718. The predicted octanol–water partition coefficient (Wildman–Crippen LogP) is 5.86. The number of imidazole rings is 1. The fourth-order valence-corrected chi connectivity index (χ4v) is 10.9. The molecule has 260 valence electrons. The molecule has 0 saturated heterocycles. The Morgan fingerprint density at radius 2 is 1.43 bits per heavy atom. The van der Waals surface area contributed by atoms with Crippen LogP contribution in [0, 0.1) is 22.7 Å². The lowest BCUT2D eigenvalue weighted by Gasteiger charge is -2.56. The minimum Gasteiger partial charge on any atom is -0.399 e. The van der Waals surface area contributed by atoms with E-state index in [-0.39, 0.29) is 40.4 Å². The lowest BCUT2D eigenvalue weighted by atomic mass is 9.49. The molecule has 3 aromatic rings. The molecule has 2 fully saturated rings. The van der Waals surface area contributed by atoms with Gasteiger partial charge in [0.1, 0.15) is 0 Å². The molecular formula is C40H52N6O3. The van der Waals surface area contributed by atoms with E-state index in [4.69, 9.17) is 11.5 Å². The van der Waals surface area contributed by atoms with Crippen LogP contribution in [0.25, 0.3) is 0 Å². The van der Waals surface area contributed by atoms with Crippen molar-refractivity contribution in [2.75, 3.05) is 11.1 Å². The van der Waals surface area contributed by atoms with Gasteiger partial charge >= 0.3 is 0 Å². The van der Waals surface area contributed by atoms with E-state index < -0.39 is 16.9 Å². The number of aryl methyl sites for hydroxylation is 2. The van der Waals surface area contributed by atoms with Crippen LogP contribution in [0.4, 0.5) is 11.4 Å². The molecular weight excluding hydrogens is 612 g/mol. The number of aromatic amines is 1. The van der Waals surface area contributed by atoms with Crippen LogP contribution in [0.15, 0.2) is 48.9 Å². The summed E-state index contributed by atoms with van der Waals surface area (Å²) in [4.78, 5) is 49.0. The van der Waals surface area contributed by atoms with Crippen LogP contribution in [-0.2, 0) is 44.5 Å². The number of imide groups is 1. The molecule has 4 aliphatic rings. The molecule has 7 N–H and O–H groups in total.